The average molecular weight is 398 g/mol. The predicted octanol–water partition coefficient (Wildman–Crippen LogP) is 5.83. The first-order valence-corrected chi connectivity index (χ1v) is 8.43. The maximum absolute atomic E-state index is 5.73. The van der Waals surface area contributed by atoms with Crippen LogP contribution in [0.5, 0.6) is 5.75 Å². The van der Waals surface area contributed by atoms with Gasteiger partial charge in [0.05, 0.1) is 6.61 Å². The van der Waals surface area contributed by atoms with Gasteiger partial charge in [-0.25, -0.2) is 0 Å². The number of aryl methyl sites for hydroxylation is 1. The summed E-state index contributed by atoms with van der Waals surface area (Å²) >= 11 is 7.27. The van der Waals surface area contributed by atoms with Gasteiger partial charge in [0.25, 0.3) is 0 Å². The summed E-state index contributed by atoms with van der Waals surface area (Å²) in [5.74, 6) is 0.970. The van der Waals surface area contributed by atoms with Crippen LogP contribution >= 0.6 is 31.9 Å². The van der Waals surface area contributed by atoms with E-state index in [-0.39, 0.29) is 4.83 Å². The highest BCUT2D eigenvalue weighted by Crippen LogP contribution is 2.34. The molecule has 106 valence electrons. The minimum absolute atomic E-state index is 0.255. The molecule has 2 aromatic carbocycles. The maximum Gasteiger partial charge on any atom is 0.123 e. The molecule has 0 saturated carbocycles. The number of ether oxygens (including phenoxy) is 1. The molecule has 2 rings (SSSR count). The Morgan fingerprint density at radius 2 is 1.80 bits per heavy atom. The van der Waals surface area contributed by atoms with Crippen molar-refractivity contribution in [3.8, 4) is 5.75 Å². The summed E-state index contributed by atoms with van der Waals surface area (Å²) in [7, 11) is 0. The highest BCUT2D eigenvalue weighted by molar-refractivity contribution is 9.10. The highest BCUT2D eigenvalue weighted by atomic mass is 79.9. The second-order valence-corrected chi connectivity index (χ2v) is 6.79. The van der Waals surface area contributed by atoms with Crippen LogP contribution in [0.1, 0.15) is 28.4 Å². The van der Waals surface area contributed by atoms with Gasteiger partial charge in [-0.2, -0.15) is 0 Å². The molecule has 1 atom stereocenters. The van der Waals surface area contributed by atoms with Gasteiger partial charge >= 0.3 is 0 Å². The number of rotatable bonds is 5. The summed E-state index contributed by atoms with van der Waals surface area (Å²) in [6.45, 7) is 4.81. The van der Waals surface area contributed by atoms with E-state index in [0.717, 1.165) is 16.6 Å². The van der Waals surface area contributed by atoms with E-state index in [1.807, 2.05) is 6.92 Å². The van der Waals surface area contributed by atoms with Crippen LogP contribution in [0.15, 0.2) is 46.9 Å². The molecule has 0 saturated heterocycles. The van der Waals surface area contributed by atoms with E-state index in [0.29, 0.717) is 6.61 Å². The van der Waals surface area contributed by atoms with Crippen molar-refractivity contribution >= 4 is 31.9 Å². The van der Waals surface area contributed by atoms with Crippen molar-refractivity contribution in [3.63, 3.8) is 0 Å². The van der Waals surface area contributed by atoms with E-state index < -0.39 is 0 Å². The lowest BCUT2D eigenvalue weighted by atomic mass is 10.0. The van der Waals surface area contributed by atoms with Crippen molar-refractivity contribution in [3.05, 3.63) is 63.6 Å². The summed E-state index contributed by atoms with van der Waals surface area (Å²) in [5.41, 5.74) is 3.78. The lowest BCUT2D eigenvalue weighted by Crippen LogP contribution is -2.01. The predicted molar refractivity (Wildman–Crippen MR) is 91.9 cm³/mol. The lowest BCUT2D eigenvalue weighted by Gasteiger charge is -2.16. The van der Waals surface area contributed by atoms with Gasteiger partial charge in [-0.05, 0) is 44.0 Å². The molecule has 0 aliphatic carbocycles. The van der Waals surface area contributed by atoms with E-state index >= 15 is 0 Å². The van der Waals surface area contributed by atoms with Gasteiger partial charge in [0, 0.05) is 14.9 Å². The van der Waals surface area contributed by atoms with Crippen LogP contribution in [0.4, 0.5) is 0 Å². The Morgan fingerprint density at radius 1 is 1.10 bits per heavy atom. The van der Waals surface area contributed by atoms with Crippen LogP contribution in [-0.4, -0.2) is 6.61 Å². The number of benzene rings is 2. The van der Waals surface area contributed by atoms with Crippen LogP contribution in [0.3, 0.4) is 0 Å². The Balaban J connectivity index is 2.21. The Kier molecular flexibility index (Phi) is 5.67. The van der Waals surface area contributed by atoms with E-state index in [9.17, 15) is 0 Å². The van der Waals surface area contributed by atoms with Gasteiger partial charge in [-0.15, -0.1) is 0 Å². The summed E-state index contributed by atoms with van der Waals surface area (Å²) in [6.07, 6.45) is 0.941. The third kappa shape index (κ3) is 4.10. The fourth-order valence-electron chi connectivity index (χ4n) is 2.14. The fraction of sp³-hybridized carbons (Fsp3) is 0.294. The van der Waals surface area contributed by atoms with Crippen LogP contribution in [0.2, 0.25) is 0 Å². The zero-order chi connectivity index (χ0) is 14.5. The smallest absolute Gasteiger partial charge is 0.123 e. The molecule has 0 aromatic heterocycles. The maximum atomic E-state index is 5.73. The van der Waals surface area contributed by atoms with Gasteiger partial charge in [0.2, 0.25) is 0 Å². The summed E-state index contributed by atoms with van der Waals surface area (Å²) < 4.78 is 6.84. The van der Waals surface area contributed by atoms with Gasteiger partial charge < -0.3 is 4.74 Å². The van der Waals surface area contributed by atoms with E-state index in [2.05, 4.69) is 81.2 Å². The van der Waals surface area contributed by atoms with Crippen molar-refractivity contribution in [2.24, 2.45) is 0 Å². The molecule has 1 unspecified atom stereocenters. The molecule has 20 heavy (non-hydrogen) atoms. The third-order valence-corrected chi connectivity index (χ3v) is 4.48. The molecule has 2 aromatic rings. The van der Waals surface area contributed by atoms with Gasteiger partial charge in [-0.1, -0.05) is 61.7 Å². The van der Waals surface area contributed by atoms with E-state index in [1.165, 1.54) is 16.7 Å². The molecule has 1 nitrogen and oxygen atoms in total. The quantitative estimate of drug-likeness (QED) is 0.576. The standard InChI is InChI=1S/C17H18Br2O/c1-3-20-17-9-4-12(2)10-15(17)16(19)11-13-5-7-14(18)8-6-13/h4-10,16H,3,11H2,1-2H3. The molecule has 0 bridgehead atoms. The summed E-state index contributed by atoms with van der Waals surface area (Å²) in [5, 5.41) is 0. The molecule has 0 amide bonds. The Labute approximate surface area is 137 Å². The van der Waals surface area contributed by atoms with Crippen LogP contribution < -0.4 is 4.74 Å². The number of halogens is 2. The summed E-state index contributed by atoms with van der Waals surface area (Å²) in [4.78, 5) is 0.255. The normalized spacial score (nSPS) is 12.2. The van der Waals surface area contributed by atoms with Crippen LogP contribution in [0.25, 0.3) is 0 Å². The van der Waals surface area contributed by atoms with E-state index in [4.69, 9.17) is 4.74 Å². The Morgan fingerprint density at radius 3 is 2.45 bits per heavy atom. The molecule has 0 spiro atoms. The molecule has 0 heterocycles. The van der Waals surface area contributed by atoms with E-state index in [1.54, 1.807) is 0 Å². The molecule has 0 fully saturated rings. The average Bonchev–Trinajstić information content (AvgIpc) is 2.43. The third-order valence-electron chi connectivity index (χ3n) is 3.13. The van der Waals surface area contributed by atoms with Crippen molar-refractivity contribution in [2.75, 3.05) is 6.61 Å². The SMILES string of the molecule is CCOc1ccc(C)cc1C(Br)Cc1ccc(Br)cc1. The summed E-state index contributed by atoms with van der Waals surface area (Å²) in [6, 6.07) is 14.8. The highest BCUT2D eigenvalue weighted by Gasteiger charge is 2.14. The number of alkyl halides is 1. The minimum Gasteiger partial charge on any atom is -0.494 e. The number of hydrogen-bond donors (Lipinski definition) is 0. The molecule has 0 aliphatic heterocycles. The Bertz CT molecular complexity index is 564. The monoisotopic (exact) mass is 396 g/mol. The lowest BCUT2D eigenvalue weighted by molar-refractivity contribution is 0.336. The van der Waals surface area contributed by atoms with Gasteiger partial charge in [0.15, 0.2) is 0 Å². The first kappa shape index (κ1) is 15.6. The second-order valence-electron chi connectivity index (χ2n) is 4.77. The first-order chi connectivity index (χ1) is 9.60. The molecule has 0 N–H and O–H groups in total. The molecule has 3 heteroatoms. The van der Waals surface area contributed by atoms with Crippen molar-refractivity contribution < 1.29 is 4.74 Å². The second kappa shape index (κ2) is 7.28. The largest absolute Gasteiger partial charge is 0.494 e. The minimum atomic E-state index is 0.255. The van der Waals surface area contributed by atoms with Crippen molar-refractivity contribution in [2.45, 2.75) is 25.1 Å². The van der Waals surface area contributed by atoms with Crippen molar-refractivity contribution in [1.82, 2.24) is 0 Å². The topological polar surface area (TPSA) is 9.23 Å². The Hall–Kier alpha value is -0.800. The molecule has 0 radical (unpaired) electrons. The fourth-order valence-corrected chi connectivity index (χ4v) is 3.13. The zero-order valence-corrected chi connectivity index (χ0v) is 14.9. The van der Waals surface area contributed by atoms with Crippen LogP contribution in [0, 0.1) is 6.92 Å². The zero-order valence-electron chi connectivity index (χ0n) is 11.7. The first-order valence-electron chi connectivity index (χ1n) is 6.72. The van der Waals surface area contributed by atoms with Gasteiger partial charge in [-0.3, -0.25) is 0 Å². The van der Waals surface area contributed by atoms with Crippen LogP contribution in [-0.2, 0) is 6.42 Å². The van der Waals surface area contributed by atoms with Crippen molar-refractivity contribution in [1.29, 1.82) is 0 Å². The molecular formula is C17H18Br2O. The molecular weight excluding hydrogens is 380 g/mol. The molecule has 0 aliphatic rings. The number of hydrogen-bond acceptors (Lipinski definition) is 1. The van der Waals surface area contributed by atoms with Gasteiger partial charge in [0.1, 0.15) is 5.75 Å².